The van der Waals surface area contributed by atoms with Gasteiger partial charge in [-0.05, 0) is 36.2 Å². The minimum atomic E-state index is -3.34. The predicted octanol–water partition coefficient (Wildman–Crippen LogP) is 4.09. The van der Waals surface area contributed by atoms with Crippen LogP contribution in [0.3, 0.4) is 0 Å². The third kappa shape index (κ3) is 9.55. The molecular formula is C18H30N2O3S. The summed E-state index contributed by atoms with van der Waals surface area (Å²) in [5.41, 5.74) is 0.811. The Hall–Kier alpha value is -1.56. The zero-order valence-corrected chi connectivity index (χ0v) is 15.6. The summed E-state index contributed by atoms with van der Waals surface area (Å²) < 4.78 is 28.8. The van der Waals surface area contributed by atoms with Gasteiger partial charge in [-0.1, -0.05) is 51.9 Å². The largest absolute Gasteiger partial charge is 0.497 e. The molecule has 6 heteroatoms. The summed E-state index contributed by atoms with van der Waals surface area (Å²) in [6, 6.07) is 7.23. The van der Waals surface area contributed by atoms with Gasteiger partial charge in [-0.15, -0.1) is 0 Å². The molecule has 0 saturated carbocycles. The second kappa shape index (κ2) is 11.9. The van der Waals surface area contributed by atoms with E-state index in [1.165, 1.54) is 38.3 Å². The van der Waals surface area contributed by atoms with Crippen LogP contribution in [0.25, 0.3) is 0 Å². The van der Waals surface area contributed by atoms with Crippen LogP contribution in [-0.4, -0.2) is 27.5 Å². The van der Waals surface area contributed by atoms with Crippen molar-refractivity contribution in [1.82, 2.24) is 4.83 Å². The van der Waals surface area contributed by atoms with Crippen molar-refractivity contribution in [2.45, 2.75) is 58.3 Å². The van der Waals surface area contributed by atoms with Crippen LogP contribution in [0.5, 0.6) is 5.75 Å². The van der Waals surface area contributed by atoms with Gasteiger partial charge in [0.15, 0.2) is 0 Å². The Morgan fingerprint density at radius 1 is 1.00 bits per heavy atom. The molecule has 24 heavy (non-hydrogen) atoms. The number of nitrogens with zero attached hydrogens (tertiary/aromatic N) is 1. The minimum Gasteiger partial charge on any atom is -0.497 e. The van der Waals surface area contributed by atoms with Crippen LogP contribution in [0.15, 0.2) is 29.4 Å². The molecule has 0 aliphatic rings. The summed E-state index contributed by atoms with van der Waals surface area (Å²) in [5, 5.41) is 3.81. The maximum absolute atomic E-state index is 11.9. The summed E-state index contributed by atoms with van der Waals surface area (Å²) in [5.74, 6) is 0.879. The Labute approximate surface area is 146 Å². The van der Waals surface area contributed by atoms with E-state index in [0.717, 1.165) is 24.2 Å². The molecule has 0 aliphatic carbocycles. The van der Waals surface area contributed by atoms with Crippen molar-refractivity contribution in [2.75, 3.05) is 12.9 Å². The normalized spacial score (nSPS) is 11.8. The highest BCUT2D eigenvalue weighted by molar-refractivity contribution is 7.89. The topological polar surface area (TPSA) is 67.8 Å². The zero-order valence-electron chi connectivity index (χ0n) is 14.8. The molecule has 0 bridgehead atoms. The van der Waals surface area contributed by atoms with Crippen molar-refractivity contribution in [1.29, 1.82) is 0 Å². The van der Waals surface area contributed by atoms with Crippen molar-refractivity contribution in [3.05, 3.63) is 29.8 Å². The number of benzene rings is 1. The van der Waals surface area contributed by atoms with E-state index in [0.29, 0.717) is 6.42 Å². The molecule has 0 radical (unpaired) electrons. The van der Waals surface area contributed by atoms with Crippen LogP contribution >= 0.6 is 0 Å². The third-order valence-corrected chi connectivity index (χ3v) is 5.00. The summed E-state index contributed by atoms with van der Waals surface area (Å²) >= 11 is 0. The molecule has 5 nitrogen and oxygen atoms in total. The van der Waals surface area contributed by atoms with Gasteiger partial charge in [-0.2, -0.15) is 5.10 Å². The van der Waals surface area contributed by atoms with Gasteiger partial charge >= 0.3 is 0 Å². The SMILES string of the molecule is CCCCCCCCCCS(=O)(=O)N/N=C\c1ccc(OC)cc1. The zero-order chi connectivity index (χ0) is 17.7. The van der Waals surface area contributed by atoms with E-state index < -0.39 is 10.0 Å². The molecule has 0 atom stereocenters. The number of hydrogen-bond donors (Lipinski definition) is 1. The number of unbranched alkanes of at least 4 members (excludes halogenated alkanes) is 7. The van der Waals surface area contributed by atoms with Crippen molar-refractivity contribution >= 4 is 16.2 Å². The highest BCUT2D eigenvalue weighted by atomic mass is 32.2. The van der Waals surface area contributed by atoms with Gasteiger partial charge < -0.3 is 4.74 Å². The fourth-order valence-electron chi connectivity index (χ4n) is 2.34. The van der Waals surface area contributed by atoms with Crippen molar-refractivity contribution in [2.24, 2.45) is 5.10 Å². The first kappa shape index (κ1) is 20.5. The van der Waals surface area contributed by atoms with Crippen molar-refractivity contribution in [3.8, 4) is 5.75 Å². The van der Waals surface area contributed by atoms with E-state index in [4.69, 9.17) is 4.74 Å². The smallest absolute Gasteiger partial charge is 0.247 e. The van der Waals surface area contributed by atoms with E-state index in [9.17, 15) is 8.42 Å². The number of hydrogen-bond acceptors (Lipinski definition) is 4. The highest BCUT2D eigenvalue weighted by Crippen LogP contribution is 2.10. The summed E-state index contributed by atoms with van der Waals surface area (Å²) in [4.78, 5) is 2.27. The van der Waals surface area contributed by atoms with Gasteiger partial charge in [0.2, 0.25) is 10.0 Å². The molecule has 1 aromatic rings. The highest BCUT2D eigenvalue weighted by Gasteiger charge is 2.07. The number of hydrazone groups is 1. The lowest BCUT2D eigenvalue weighted by Crippen LogP contribution is -2.21. The monoisotopic (exact) mass is 354 g/mol. The molecule has 136 valence electrons. The van der Waals surface area contributed by atoms with Crippen LogP contribution in [-0.2, 0) is 10.0 Å². The first-order chi connectivity index (χ1) is 11.6. The van der Waals surface area contributed by atoms with Crippen LogP contribution in [0, 0.1) is 0 Å². The fraction of sp³-hybridized carbons (Fsp3) is 0.611. The molecule has 1 N–H and O–H groups in total. The number of rotatable bonds is 13. The molecule has 0 aromatic heterocycles. The summed E-state index contributed by atoms with van der Waals surface area (Å²) in [6.07, 6.45) is 10.5. The van der Waals surface area contributed by atoms with Crippen molar-refractivity contribution in [3.63, 3.8) is 0 Å². The van der Waals surface area contributed by atoms with Gasteiger partial charge in [0.1, 0.15) is 5.75 Å². The van der Waals surface area contributed by atoms with Crippen LogP contribution < -0.4 is 9.57 Å². The lowest BCUT2D eigenvalue weighted by Gasteiger charge is -2.04. The number of nitrogens with one attached hydrogen (secondary N) is 1. The molecule has 0 heterocycles. The van der Waals surface area contributed by atoms with Crippen LogP contribution in [0.2, 0.25) is 0 Å². The van der Waals surface area contributed by atoms with Gasteiger partial charge in [0.25, 0.3) is 0 Å². The van der Waals surface area contributed by atoms with E-state index in [1.807, 2.05) is 12.1 Å². The molecule has 0 spiro atoms. The first-order valence-corrected chi connectivity index (χ1v) is 10.4. The van der Waals surface area contributed by atoms with Gasteiger partial charge in [-0.3, -0.25) is 0 Å². The molecule has 0 aliphatic heterocycles. The summed E-state index contributed by atoms with van der Waals surface area (Å²) in [7, 11) is -1.74. The van der Waals surface area contributed by atoms with E-state index in [-0.39, 0.29) is 5.75 Å². The summed E-state index contributed by atoms with van der Waals surface area (Å²) in [6.45, 7) is 2.20. The van der Waals surface area contributed by atoms with E-state index in [2.05, 4.69) is 16.9 Å². The molecule has 1 rings (SSSR count). The molecule has 0 fully saturated rings. The maximum atomic E-state index is 11.9. The fourth-order valence-corrected chi connectivity index (χ4v) is 3.23. The number of ether oxygens (including phenoxy) is 1. The van der Waals surface area contributed by atoms with Gasteiger partial charge in [0.05, 0.1) is 19.1 Å². The van der Waals surface area contributed by atoms with Crippen LogP contribution in [0.1, 0.15) is 63.9 Å². The minimum absolute atomic E-state index is 0.127. The average Bonchev–Trinajstić information content (AvgIpc) is 2.58. The molecule has 0 saturated heterocycles. The Morgan fingerprint density at radius 3 is 2.17 bits per heavy atom. The molecule has 1 aromatic carbocycles. The third-order valence-electron chi connectivity index (χ3n) is 3.79. The lowest BCUT2D eigenvalue weighted by molar-refractivity contribution is 0.415. The predicted molar refractivity (Wildman–Crippen MR) is 100 cm³/mol. The first-order valence-electron chi connectivity index (χ1n) is 8.74. The average molecular weight is 355 g/mol. The van der Waals surface area contributed by atoms with E-state index >= 15 is 0 Å². The molecule has 0 unspecified atom stereocenters. The number of methoxy groups -OCH3 is 1. The van der Waals surface area contributed by atoms with Crippen LogP contribution in [0.4, 0.5) is 0 Å². The molecule has 0 amide bonds. The van der Waals surface area contributed by atoms with Gasteiger partial charge in [0, 0.05) is 0 Å². The van der Waals surface area contributed by atoms with Crippen molar-refractivity contribution < 1.29 is 13.2 Å². The Kier molecular flexibility index (Phi) is 10.2. The second-order valence-corrected chi connectivity index (χ2v) is 7.74. The molecular weight excluding hydrogens is 324 g/mol. The Bertz CT molecular complexity index is 568. The standard InChI is InChI=1S/C18H30N2O3S/c1-3-4-5-6-7-8-9-10-15-24(21,22)20-19-16-17-11-13-18(23-2)14-12-17/h11-14,16,20H,3-10,15H2,1-2H3/b19-16-. The quantitative estimate of drug-likeness (QED) is 0.329. The lowest BCUT2D eigenvalue weighted by atomic mass is 10.1. The number of sulfonamides is 1. The Morgan fingerprint density at radius 2 is 1.58 bits per heavy atom. The van der Waals surface area contributed by atoms with E-state index in [1.54, 1.807) is 19.2 Å². The van der Waals surface area contributed by atoms with Gasteiger partial charge in [-0.25, -0.2) is 13.2 Å². The second-order valence-electron chi connectivity index (χ2n) is 5.92. The maximum Gasteiger partial charge on any atom is 0.247 e. The Balaban J connectivity index is 2.19.